The molecule has 1 heterocycles. The summed E-state index contributed by atoms with van der Waals surface area (Å²) in [4.78, 5) is 25.1. The lowest BCUT2D eigenvalue weighted by atomic mass is 10.1. The molecule has 0 aliphatic carbocycles. The second kappa shape index (κ2) is 7.44. The van der Waals surface area contributed by atoms with Crippen molar-refractivity contribution in [3.63, 3.8) is 0 Å². The molecule has 0 saturated carbocycles. The molecule has 134 valence electrons. The first kappa shape index (κ1) is 17.7. The molecular weight excluding hydrogens is 330 g/mol. The number of fused-ring (bicyclic) bond motifs is 1. The Kier molecular flexibility index (Phi) is 5.07. The Morgan fingerprint density at radius 1 is 1.08 bits per heavy atom. The van der Waals surface area contributed by atoms with E-state index in [2.05, 4.69) is 0 Å². The molecule has 0 saturated heterocycles. The molecular formula is C21H21NO4. The highest BCUT2D eigenvalue weighted by Crippen LogP contribution is 2.23. The molecule has 5 heteroatoms. The molecule has 0 bridgehead atoms. The third-order valence-corrected chi connectivity index (χ3v) is 4.20. The number of ether oxygens (including phenoxy) is 1. The van der Waals surface area contributed by atoms with Gasteiger partial charge in [0.25, 0.3) is 5.91 Å². The van der Waals surface area contributed by atoms with Crippen LogP contribution in [0.4, 0.5) is 0 Å². The second-order valence-electron chi connectivity index (χ2n) is 6.29. The molecule has 5 nitrogen and oxygen atoms in total. The fourth-order valence-electron chi connectivity index (χ4n) is 2.76. The molecule has 0 unspecified atom stereocenters. The van der Waals surface area contributed by atoms with Gasteiger partial charge >= 0.3 is 5.63 Å². The van der Waals surface area contributed by atoms with Crippen molar-refractivity contribution in [2.45, 2.75) is 20.0 Å². The van der Waals surface area contributed by atoms with Gasteiger partial charge in [-0.25, -0.2) is 4.79 Å². The Balaban J connectivity index is 1.75. The van der Waals surface area contributed by atoms with Gasteiger partial charge in [-0.1, -0.05) is 19.1 Å². The zero-order chi connectivity index (χ0) is 18.7. The predicted molar refractivity (Wildman–Crippen MR) is 101 cm³/mol. The fourth-order valence-corrected chi connectivity index (χ4v) is 2.76. The molecule has 0 fully saturated rings. The zero-order valence-corrected chi connectivity index (χ0v) is 15.1. The molecule has 0 aliphatic rings. The van der Waals surface area contributed by atoms with Crippen LogP contribution in [0, 0.1) is 0 Å². The molecule has 3 rings (SSSR count). The Hall–Kier alpha value is -3.08. The van der Waals surface area contributed by atoms with Crippen molar-refractivity contribution >= 4 is 16.9 Å². The molecule has 0 radical (unpaired) electrons. The molecule has 0 spiro atoms. The van der Waals surface area contributed by atoms with Gasteiger partial charge in [0.15, 0.2) is 0 Å². The van der Waals surface area contributed by atoms with E-state index in [0.717, 1.165) is 22.9 Å². The average molecular weight is 351 g/mol. The summed E-state index contributed by atoms with van der Waals surface area (Å²) in [6, 6.07) is 14.3. The molecule has 0 N–H and O–H groups in total. The van der Waals surface area contributed by atoms with E-state index in [1.165, 1.54) is 6.07 Å². The van der Waals surface area contributed by atoms with E-state index >= 15 is 0 Å². The molecule has 0 atom stereocenters. The fraction of sp³-hybridized carbons (Fsp3) is 0.238. The first-order chi connectivity index (χ1) is 12.5. The Bertz CT molecular complexity index is 987. The number of aryl methyl sites for hydroxylation is 1. The summed E-state index contributed by atoms with van der Waals surface area (Å²) in [7, 11) is 3.45. The van der Waals surface area contributed by atoms with Crippen molar-refractivity contribution in [2.75, 3.05) is 14.1 Å². The SMILES string of the molecule is CCc1cc(=O)oc2cc(OCc3ccc(C(=O)N(C)C)cc3)ccc12. The lowest BCUT2D eigenvalue weighted by molar-refractivity contribution is 0.0827. The summed E-state index contributed by atoms with van der Waals surface area (Å²) in [6.45, 7) is 2.36. The highest BCUT2D eigenvalue weighted by Gasteiger charge is 2.08. The molecule has 1 aromatic heterocycles. The summed E-state index contributed by atoms with van der Waals surface area (Å²) in [5.41, 5.74) is 2.72. The van der Waals surface area contributed by atoms with Crippen LogP contribution in [0.2, 0.25) is 0 Å². The van der Waals surface area contributed by atoms with Gasteiger partial charge in [-0.2, -0.15) is 0 Å². The minimum atomic E-state index is -0.354. The third kappa shape index (κ3) is 3.77. The van der Waals surface area contributed by atoms with E-state index in [-0.39, 0.29) is 11.5 Å². The van der Waals surface area contributed by atoms with Crippen LogP contribution >= 0.6 is 0 Å². The van der Waals surface area contributed by atoms with Gasteiger partial charge in [-0.3, -0.25) is 4.79 Å². The van der Waals surface area contributed by atoms with E-state index in [4.69, 9.17) is 9.15 Å². The number of carbonyl (C=O) groups excluding carboxylic acids is 1. The van der Waals surface area contributed by atoms with Gasteiger partial charge < -0.3 is 14.1 Å². The van der Waals surface area contributed by atoms with Crippen LogP contribution in [-0.4, -0.2) is 24.9 Å². The highest BCUT2D eigenvalue weighted by molar-refractivity contribution is 5.93. The number of benzene rings is 2. The van der Waals surface area contributed by atoms with Gasteiger partial charge in [-0.15, -0.1) is 0 Å². The van der Waals surface area contributed by atoms with Crippen LogP contribution in [0.25, 0.3) is 11.0 Å². The van der Waals surface area contributed by atoms with Crippen LogP contribution in [0.5, 0.6) is 5.75 Å². The van der Waals surface area contributed by atoms with Crippen LogP contribution in [0.15, 0.2) is 57.7 Å². The van der Waals surface area contributed by atoms with Crippen molar-refractivity contribution in [1.29, 1.82) is 0 Å². The normalized spacial score (nSPS) is 10.7. The molecule has 3 aromatic rings. The van der Waals surface area contributed by atoms with E-state index in [1.54, 1.807) is 37.2 Å². The van der Waals surface area contributed by atoms with E-state index in [9.17, 15) is 9.59 Å². The maximum absolute atomic E-state index is 11.9. The standard InChI is InChI=1S/C21H21NO4/c1-4-15-11-20(23)26-19-12-17(9-10-18(15)19)25-13-14-5-7-16(8-6-14)21(24)22(2)3/h5-12H,4,13H2,1-3H3. The predicted octanol–water partition coefficient (Wildman–Crippen LogP) is 3.64. The van der Waals surface area contributed by atoms with E-state index < -0.39 is 0 Å². The number of carbonyl (C=O) groups is 1. The zero-order valence-electron chi connectivity index (χ0n) is 15.1. The Morgan fingerprint density at radius 2 is 1.81 bits per heavy atom. The monoisotopic (exact) mass is 351 g/mol. The quantitative estimate of drug-likeness (QED) is 0.659. The lowest BCUT2D eigenvalue weighted by Crippen LogP contribution is -2.21. The Labute approximate surface area is 151 Å². The van der Waals surface area contributed by atoms with Crippen molar-refractivity contribution in [3.05, 3.63) is 75.6 Å². The minimum Gasteiger partial charge on any atom is -0.489 e. The molecule has 1 amide bonds. The topological polar surface area (TPSA) is 59.8 Å². The van der Waals surface area contributed by atoms with Crippen LogP contribution in [0.3, 0.4) is 0 Å². The van der Waals surface area contributed by atoms with Crippen molar-refractivity contribution in [3.8, 4) is 5.75 Å². The van der Waals surface area contributed by atoms with Crippen LogP contribution in [0.1, 0.15) is 28.4 Å². The summed E-state index contributed by atoms with van der Waals surface area (Å²) in [5, 5.41) is 0.922. The maximum Gasteiger partial charge on any atom is 0.336 e. The number of amides is 1. The summed E-state index contributed by atoms with van der Waals surface area (Å²) in [6.07, 6.45) is 0.764. The van der Waals surface area contributed by atoms with E-state index in [1.807, 2.05) is 31.2 Å². The van der Waals surface area contributed by atoms with Crippen LogP contribution < -0.4 is 10.4 Å². The van der Waals surface area contributed by atoms with Gasteiger partial charge in [0, 0.05) is 37.2 Å². The largest absolute Gasteiger partial charge is 0.489 e. The maximum atomic E-state index is 11.9. The van der Waals surface area contributed by atoms with Gasteiger partial charge in [0.1, 0.15) is 17.9 Å². The lowest BCUT2D eigenvalue weighted by Gasteiger charge is -2.11. The average Bonchev–Trinajstić information content (AvgIpc) is 2.65. The second-order valence-corrected chi connectivity index (χ2v) is 6.29. The summed E-state index contributed by atoms with van der Waals surface area (Å²) in [5.74, 6) is 0.594. The smallest absolute Gasteiger partial charge is 0.336 e. The summed E-state index contributed by atoms with van der Waals surface area (Å²) < 4.78 is 11.1. The third-order valence-electron chi connectivity index (χ3n) is 4.20. The number of hydrogen-bond donors (Lipinski definition) is 0. The van der Waals surface area contributed by atoms with E-state index in [0.29, 0.717) is 23.5 Å². The minimum absolute atomic E-state index is 0.0336. The Morgan fingerprint density at radius 3 is 2.46 bits per heavy atom. The highest BCUT2D eigenvalue weighted by atomic mass is 16.5. The van der Waals surface area contributed by atoms with Gasteiger partial charge in [-0.05, 0) is 41.8 Å². The van der Waals surface area contributed by atoms with Crippen molar-refractivity contribution < 1.29 is 13.9 Å². The molecule has 26 heavy (non-hydrogen) atoms. The number of nitrogens with zero attached hydrogens (tertiary/aromatic N) is 1. The van der Waals surface area contributed by atoms with Crippen molar-refractivity contribution in [1.82, 2.24) is 4.90 Å². The van der Waals surface area contributed by atoms with Gasteiger partial charge in [0.05, 0.1) is 0 Å². The number of rotatable bonds is 5. The molecule has 0 aliphatic heterocycles. The first-order valence-electron chi connectivity index (χ1n) is 8.48. The van der Waals surface area contributed by atoms with Crippen molar-refractivity contribution in [2.24, 2.45) is 0 Å². The molecule has 2 aromatic carbocycles. The van der Waals surface area contributed by atoms with Gasteiger partial charge in [0.2, 0.25) is 0 Å². The summed E-state index contributed by atoms with van der Waals surface area (Å²) >= 11 is 0. The van der Waals surface area contributed by atoms with Crippen LogP contribution in [-0.2, 0) is 13.0 Å². The number of hydrogen-bond acceptors (Lipinski definition) is 4. The first-order valence-corrected chi connectivity index (χ1v) is 8.48.